The van der Waals surface area contributed by atoms with Crippen molar-refractivity contribution in [3.63, 3.8) is 0 Å². The highest BCUT2D eigenvalue weighted by atomic mass is 16.5. The Morgan fingerprint density at radius 2 is 1.73 bits per heavy atom. The van der Waals surface area contributed by atoms with Crippen LogP contribution in [0.4, 0.5) is 0 Å². The second-order valence-electron chi connectivity index (χ2n) is 10.0. The third-order valence-electron chi connectivity index (χ3n) is 7.29. The Bertz CT molecular complexity index is 1830. The fourth-order valence-corrected chi connectivity index (χ4v) is 5.14. The van der Waals surface area contributed by atoms with Gasteiger partial charge < -0.3 is 4.74 Å². The summed E-state index contributed by atoms with van der Waals surface area (Å²) in [5.74, 6) is 1.79. The van der Waals surface area contributed by atoms with Crippen molar-refractivity contribution in [3.05, 3.63) is 108 Å². The number of imidazole rings is 1. The number of nitrogens with one attached hydrogen (secondary N) is 1. The van der Waals surface area contributed by atoms with E-state index in [9.17, 15) is 4.79 Å². The average molecular weight is 543 g/mol. The monoisotopic (exact) mass is 542 g/mol. The van der Waals surface area contributed by atoms with Gasteiger partial charge in [-0.05, 0) is 23.3 Å². The number of pyridine rings is 1. The summed E-state index contributed by atoms with van der Waals surface area (Å²) >= 11 is 0. The SMILES string of the molecule is COC(=O)c1cn2cc(-c3ccccc3)c(-c3ccc(CN4CC(c5n[nH]c(-c6ccccn6)n5)C4)cc3)nc2n1. The fraction of sp³-hybridized carbons (Fsp3) is 0.161. The van der Waals surface area contributed by atoms with E-state index in [4.69, 9.17) is 9.72 Å². The number of hydrogen-bond acceptors (Lipinski definition) is 8. The number of esters is 1. The van der Waals surface area contributed by atoms with E-state index in [0.717, 1.165) is 53.5 Å². The number of carbonyl (C=O) groups is 1. The molecule has 0 aliphatic carbocycles. The van der Waals surface area contributed by atoms with Gasteiger partial charge in [-0.3, -0.25) is 19.4 Å². The van der Waals surface area contributed by atoms with E-state index in [-0.39, 0.29) is 5.69 Å². The maximum atomic E-state index is 12.1. The van der Waals surface area contributed by atoms with Crippen molar-refractivity contribution in [1.82, 2.24) is 39.4 Å². The maximum Gasteiger partial charge on any atom is 0.358 e. The molecule has 202 valence electrons. The Kier molecular flexibility index (Phi) is 6.29. The van der Waals surface area contributed by atoms with Gasteiger partial charge in [-0.25, -0.2) is 19.7 Å². The number of fused-ring (bicyclic) bond motifs is 1. The highest BCUT2D eigenvalue weighted by Crippen LogP contribution is 2.32. The van der Waals surface area contributed by atoms with E-state index in [1.807, 2.05) is 54.7 Å². The van der Waals surface area contributed by atoms with Crippen LogP contribution in [0.5, 0.6) is 0 Å². The summed E-state index contributed by atoms with van der Waals surface area (Å²) in [6.07, 6.45) is 5.36. The minimum atomic E-state index is -0.493. The van der Waals surface area contributed by atoms with Crippen molar-refractivity contribution in [1.29, 1.82) is 0 Å². The van der Waals surface area contributed by atoms with E-state index in [0.29, 0.717) is 17.5 Å². The van der Waals surface area contributed by atoms with Crippen LogP contribution in [0.25, 0.3) is 39.7 Å². The average Bonchev–Trinajstić information content (AvgIpc) is 3.66. The molecule has 1 aliphatic heterocycles. The second-order valence-corrected chi connectivity index (χ2v) is 10.0. The third-order valence-corrected chi connectivity index (χ3v) is 7.29. The van der Waals surface area contributed by atoms with Crippen molar-refractivity contribution in [3.8, 4) is 33.9 Å². The van der Waals surface area contributed by atoms with Crippen molar-refractivity contribution in [2.75, 3.05) is 20.2 Å². The number of aromatic amines is 1. The number of H-pyrrole nitrogens is 1. The standard InChI is InChI=1S/C31H26N8O2/c1-41-30(40)26-19-39-18-24(21-7-3-2-4-8-21)27(34-31(39)33-26)22-12-10-20(11-13-22)15-38-16-23(17-38)28-35-29(37-36-28)25-9-5-6-14-32-25/h2-14,18-19,23H,15-17H2,1H3,(H,35,36,37). The molecular formula is C31H26N8O2. The van der Waals surface area contributed by atoms with Crippen molar-refractivity contribution in [2.24, 2.45) is 0 Å². The molecule has 10 heteroatoms. The van der Waals surface area contributed by atoms with Crippen LogP contribution in [0.1, 0.15) is 27.8 Å². The lowest BCUT2D eigenvalue weighted by molar-refractivity contribution is 0.0594. The molecule has 1 saturated heterocycles. The van der Waals surface area contributed by atoms with Gasteiger partial charge in [-0.15, -0.1) is 0 Å². The first kappa shape index (κ1) is 24.8. The molecule has 7 rings (SSSR count). The molecular weight excluding hydrogens is 516 g/mol. The van der Waals surface area contributed by atoms with Gasteiger partial charge >= 0.3 is 5.97 Å². The molecule has 0 bridgehead atoms. The van der Waals surface area contributed by atoms with E-state index < -0.39 is 5.97 Å². The lowest BCUT2D eigenvalue weighted by Gasteiger charge is -2.37. The molecule has 0 saturated carbocycles. The first-order valence-electron chi connectivity index (χ1n) is 13.3. The summed E-state index contributed by atoms with van der Waals surface area (Å²) in [5.41, 5.74) is 5.98. The van der Waals surface area contributed by atoms with Gasteiger partial charge in [0.25, 0.3) is 0 Å². The third kappa shape index (κ3) is 4.85. The zero-order valence-electron chi connectivity index (χ0n) is 22.3. The number of benzene rings is 2. The maximum absolute atomic E-state index is 12.1. The van der Waals surface area contributed by atoms with E-state index in [1.165, 1.54) is 12.7 Å². The Hall–Kier alpha value is -5.22. The van der Waals surface area contributed by atoms with Gasteiger partial charge in [0, 0.05) is 55.3 Å². The highest BCUT2D eigenvalue weighted by Gasteiger charge is 2.31. The van der Waals surface area contributed by atoms with Gasteiger partial charge in [0.05, 0.1) is 12.8 Å². The van der Waals surface area contributed by atoms with Gasteiger partial charge in [0.15, 0.2) is 17.3 Å². The van der Waals surface area contributed by atoms with Crippen molar-refractivity contribution in [2.45, 2.75) is 12.5 Å². The zero-order chi connectivity index (χ0) is 27.8. The Morgan fingerprint density at radius 1 is 0.927 bits per heavy atom. The molecule has 1 aliphatic rings. The number of likely N-dealkylation sites (tertiary alicyclic amines) is 1. The van der Waals surface area contributed by atoms with E-state index in [2.05, 4.69) is 54.3 Å². The molecule has 0 radical (unpaired) electrons. The number of ether oxygens (including phenoxy) is 1. The quantitative estimate of drug-likeness (QED) is 0.291. The van der Waals surface area contributed by atoms with Crippen LogP contribution in [0.2, 0.25) is 0 Å². The van der Waals surface area contributed by atoms with Gasteiger partial charge in [0.1, 0.15) is 5.69 Å². The van der Waals surface area contributed by atoms with Crippen LogP contribution in [0, 0.1) is 0 Å². The molecule has 0 spiro atoms. The summed E-state index contributed by atoms with van der Waals surface area (Å²) in [6.45, 7) is 2.65. The molecule has 0 unspecified atom stereocenters. The van der Waals surface area contributed by atoms with Gasteiger partial charge in [-0.2, -0.15) is 5.10 Å². The van der Waals surface area contributed by atoms with Crippen LogP contribution >= 0.6 is 0 Å². The molecule has 10 nitrogen and oxygen atoms in total. The molecule has 41 heavy (non-hydrogen) atoms. The van der Waals surface area contributed by atoms with Crippen molar-refractivity contribution >= 4 is 11.7 Å². The van der Waals surface area contributed by atoms with Crippen LogP contribution < -0.4 is 0 Å². The summed E-state index contributed by atoms with van der Waals surface area (Å²) < 4.78 is 6.61. The molecule has 0 amide bonds. The second kappa shape index (κ2) is 10.4. The molecule has 0 atom stereocenters. The normalized spacial score (nSPS) is 13.8. The van der Waals surface area contributed by atoms with Gasteiger partial charge in [-0.1, -0.05) is 60.7 Å². The molecule has 5 heterocycles. The van der Waals surface area contributed by atoms with Crippen LogP contribution in [-0.2, 0) is 11.3 Å². The number of carbonyl (C=O) groups excluding carboxylic acids is 1. The lowest BCUT2D eigenvalue weighted by atomic mass is 9.97. The minimum Gasteiger partial charge on any atom is -0.464 e. The van der Waals surface area contributed by atoms with Crippen LogP contribution in [0.15, 0.2) is 91.4 Å². The van der Waals surface area contributed by atoms with E-state index in [1.54, 1.807) is 16.8 Å². The lowest BCUT2D eigenvalue weighted by Crippen LogP contribution is -2.44. The molecule has 2 aromatic carbocycles. The largest absolute Gasteiger partial charge is 0.464 e. The minimum absolute atomic E-state index is 0.220. The predicted octanol–water partition coefficient (Wildman–Crippen LogP) is 4.63. The first-order chi connectivity index (χ1) is 20.1. The van der Waals surface area contributed by atoms with Crippen LogP contribution in [-0.4, -0.2) is 65.6 Å². The van der Waals surface area contributed by atoms with Gasteiger partial charge in [0.2, 0.25) is 5.78 Å². The smallest absolute Gasteiger partial charge is 0.358 e. The number of methoxy groups -OCH3 is 1. The van der Waals surface area contributed by atoms with E-state index >= 15 is 0 Å². The first-order valence-corrected chi connectivity index (χ1v) is 13.3. The summed E-state index contributed by atoms with van der Waals surface area (Å²) in [7, 11) is 1.34. The topological polar surface area (TPSA) is 114 Å². The molecule has 4 aromatic heterocycles. The summed E-state index contributed by atoms with van der Waals surface area (Å²) in [6, 6.07) is 24.3. The number of rotatable bonds is 7. The molecule has 1 N–H and O–H groups in total. The summed E-state index contributed by atoms with van der Waals surface area (Å²) in [4.78, 5) is 32.7. The number of aromatic nitrogens is 7. The highest BCUT2D eigenvalue weighted by molar-refractivity contribution is 5.88. The van der Waals surface area contributed by atoms with Crippen molar-refractivity contribution < 1.29 is 9.53 Å². The zero-order valence-corrected chi connectivity index (χ0v) is 22.3. The molecule has 6 aromatic rings. The number of nitrogens with zero attached hydrogens (tertiary/aromatic N) is 7. The predicted molar refractivity (Wildman–Crippen MR) is 153 cm³/mol. The molecule has 1 fully saturated rings. The van der Waals surface area contributed by atoms with Crippen LogP contribution in [0.3, 0.4) is 0 Å². The fourth-order valence-electron chi connectivity index (χ4n) is 5.14. The Labute approximate surface area is 235 Å². The Balaban J connectivity index is 1.09. The Morgan fingerprint density at radius 3 is 2.49 bits per heavy atom. The number of hydrogen-bond donors (Lipinski definition) is 1. The summed E-state index contributed by atoms with van der Waals surface area (Å²) in [5, 5.41) is 7.45.